The summed E-state index contributed by atoms with van der Waals surface area (Å²) in [5.74, 6) is 1.52. The molecule has 3 aromatic heterocycles. The zero-order valence-electron chi connectivity index (χ0n) is 15.6. The average Bonchev–Trinajstić information content (AvgIpc) is 3.31. The fourth-order valence-electron chi connectivity index (χ4n) is 3.27. The maximum absolute atomic E-state index is 5.92. The minimum absolute atomic E-state index is 0.311. The summed E-state index contributed by atoms with van der Waals surface area (Å²) in [4.78, 5) is 4.61. The number of aromatic nitrogens is 6. The Balaban J connectivity index is 1.53. The van der Waals surface area contributed by atoms with Gasteiger partial charge < -0.3 is 4.74 Å². The molecule has 28 heavy (non-hydrogen) atoms. The van der Waals surface area contributed by atoms with Crippen molar-refractivity contribution in [1.29, 1.82) is 0 Å². The Bertz CT molecular complexity index is 1300. The van der Waals surface area contributed by atoms with Crippen molar-refractivity contribution in [1.82, 2.24) is 29.4 Å². The van der Waals surface area contributed by atoms with Crippen molar-refractivity contribution in [3.05, 3.63) is 78.0 Å². The van der Waals surface area contributed by atoms with Crippen LogP contribution in [-0.2, 0) is 6.61 Å². The molecule has 0 atom stereocenters. The smallest absolute Gasteiger partial charge is 0.176 e. The van der Waals surface area contributed by atoms with Crippen LogP contribution in [0, 0.1) is 13.8 Å². The molecule has 0 amide bonds. The van der Waals surface area contributed by atoms with Crippen LogP contribution in [0.25, 0.3) is 22.4 Å². The summed E-state index contributed by atoms with van der Waals surface area (Å²) in [7, 11) is 0. The SMILES string of the molecule is Cc1cccc(-n2ncc3c2ncn2c(COc4ccccc4C)nnc32)c1. The fraction of sp³-hybridized carbons (Fsp3) is 0.143. The van der Waals surface area contributed by atoms with Gasteiger partial charge in [-0.1, -0.05) is 30.3 Å². The first-order chi connectivity index (χ1) is 13.7. The van der Waals surface area contributed by atoms with Gasteiger partial charge in [0.25, 0.3) is 0 Å². The van der Waals surface area contributed by atoms with E-state index in [2.05, 4.69) is 39.3 Å². The number of para-hydroxylation sites is 1. The van der Waals surface area contributed by atoms with E-state index in [1.54, 1.807) is 12.5 Å². The number of aryl methyl sites for hydroxylation is 2. The van der Waals surface area contributed by atoms with Gasteiger partial charge in [0, 0.05) is 0 Å². The standard InChI is InChI=1S/C21H18N6O/c1-14-6-5-8-16(10-14)27-20-17(11-23-27)21-25-24-19(26(21)13-22-20)12-28-18-9-4-3-7-15(18)2/h3-11,13H,12H2,1-2H3. The van der Waals surface area contributed by atoms with E-state index in [0.717, 1.165) is 28.0 Å². The molecular formula is C21H18N6O. The first-order valence-electron chi connectivity index (χ1n) is 9.02. The molecule has 7 nitrogen and oxygen atoms in total. The van der Waals surface area contributed by atoms with Crippen LogP contribution >= 0.6 is 0 Å². The summed E-state index contributed by atoms with van der Waals surface area (Å²) in [5, 5.41) is 14.0. The van der Waals surface area contributed by atoms with Crippen LogP contribution in [0.1, 0.15) is 17.0 Å². The molecule has 0 aliphatic heterocycles. The van der Waals surface area contributed by atoms with Crippen molar-refractivity contribution in [2.24, 2.45) is 0 Å². The van der Waals surface area contributed by atoms with Gasteiger partial charge in [-0.2, -0.15) is 5.10 Å². The van der Waals surface area contributed by atoms with Crippen molar-refractivity contribution in [2.75, 3.05) is 0 Å². The molecule has 0 saturated carbocycles. The molecule has 0 aliphatic rings. The second kappa shape index (κ2) is 6.45. The van der Waals surface area contributed by atoms with Gasteiger partial charge in [-0.15, -0.1) is 10.2 Å². The highest BCUT2D eigenvalue weighted by molar-refractivity contribution is 5.89. The third-order valence-corrected chi connectivity index (χ3v) is 4.74. The Morgan fingerprint density at radius 1 is 0.964 bits per heavy atom. The van der Waals surface area contributed by atoms with Crippen LogP contribution in [0.2, 0.25) is 0 Å². The molecule has 0 fully saturated rings. The minimum Gasteiger partial charge on any atom is -0.485 e. The maximum atomic E-state index is 5.92. The number of ether oxygens (including phenoxy) is 1. The number of nitrogens with zero attached hydrogens (tertiary/aromatic N) is 6. The first-order valence-corrected chi connectivity index (χ1v) is 9.02. The lowest BCUT2D eigenvalue weighted by Gasteiger charge is -2.07. The predicted octanol–water partition coefficient (Wildman–Crippen LogP) is 3.66. The summed E-state index contributed by atoms with van der Waals surface area (Å²) < 4.78 is 9.59. The molecule has 0 spiro atoms. The Hall–Kier alpha value is -3.74. The van der Waals surface area contributed by atoms with Crippen molar-refractivity contribution < 1.29 is 4.74 Å². The maximum Gasteiger partial charge on any atom is 0.176 e. The lowest BCUT2D eigenvalue weighted by atomic mass is 10.2. The number of hydrogen-bond acceptors (Lipinski definition) is 5. The second-order valence-electron chi connectivity index (χ2n) is 6.74. The summed E-state index contributed by atoms with van der Waals surface area (Å²) in [6.07, 6.45) is 3.50. The molecule has 0 radical (unpaired) electrons. The highest BCUT2D eigenvalue weighted by atomic mass is 16.5. The first kappa shape index (κ1) is 16.4. The van der Waals surface area contributed by atoms with E-state index in [4.69, 9.17) is 4.74 Å². The molecule has 2 aromatic carbocycles. The average molecular weight is 370 g/mol. The third kappa shape index (κ3) is 2.68. The molecule has 5 rings (SSSR count). The van der Waals surface area contributed by atoms with E-state index >= 15 is 0 Å². The van der Waals surface area contributed by atoms with E-state index in [0.29, 0.717) is 18.1 Å². The number of hydrogen-bond donors (Lipinski definition) is 0. The quantitative estimate of drug-likeness (QED) is 0.483. The van der Waals surface area contributed by atoms with Crippen molar-refractivity contribution >= 4 is 16.7 Å². The lowest BCUT2D eigenvalue weighted by Crippen LogP contribution is -2.03. The fourth-order valence-corrected chi connectivity index (χ4v) is 3.27. The van der Waals surface area contributed by atoms with E-state index in [9.17, 15) is 0 Å². The molecule has 138 valence electrons. The van der Waals surface area contributed by atoms with Crippen molar-refractivity contribution in [2.45, 2.75) is 20.5 Å². The van der Waals surface area contributed by atoms with Gasteiger partial charge in [0.1, 0.15) is 18.7 Å². The van der Waals surface area contributed by atoms with Crippen LogP contribution in [0.5, 0.6) is 5.75 Å². The summed E-state index contributed by atoms with van der Waals surface area (Å²) in [6.45, 7) is 4.38. The molecule has 0 aliphatic carbocycles. The topological polar surface area (TPSA) is 70.1 Å². The van der Waals surface area contributed by atoms with E-state index in [-0.39, 0.29) is 0 Å². The predicted molar refractivity (Wildman–Crippen MR) is 106 cm³/mol. The Kier molecular flexibility index (Phi) is 3.79. The van der Waals surface area contributed by atoms with Crippen LogP contribution in [-0.4, -0.2) is 29.4 Å². The van der Waals surface area contributed by atoms with Gasteiger partial charge in [0.05, 0.1) is 17.3 Å². The van der Waals surface area contributed by atoms with E-state index in [1.807, 2.05) is 52.4 Å². The highest BCUT2D eigenvalue weighted by Gasteiger charge is 2.15. The normalized spacial score (nSPS) is 11.4. The molecule has 3 heterocycles. The Morgan fingerprint density at radius 2 is 1.86 bits per heavy atom. The van der Waals surface area contributed by atoms with Gasteiger partial charge in [-0.05, 0) is 43.2 Å². The molecule has 0 bridgehead atoms. The number of rotatable bonds is 4. The van der Waals surface area contributed by atoms with Crippen LogP contribution in [0.15, 0.2) is 61.1 Å². The summed E-state index contributed by atoms with van der Waals surface area (Å²) in [6, 6.07) is 16.0. The van der Waals surface area contributed by atoms with E-state index in [1.165, 1.54) is 5.56 Å². The summed E-state index contributed by atoms with van der Waals surface area (Å²) in [5.41, 5.74) is 4.68. The van der Waals surface area contributed by atoms with Crippen LogP contribution in [0.4, 0.5) is 0 Å². The Labute approximate surface area is 161 Å². The molecule has 0 unspecified atom stereocenters. The van der Waals surface area contributed by atoms with Crippen molar-refractivity contribution in [3.8, 4) is 11.4 Å². The minimum atomic E-state index is 0.311. The molecule has 5 aromatic rings. The van der Waals surface area contributed by atoms with Gasteiger partial charge in [0.2, 0.25) is 0 Å². The molecule has 7 heteroatoms. The monoisotopic (exact) mass is 370 g/mol. The largest absolute Gasteiger partial charge is 0.485 e. The highest BCUT2D eigenvalue weighted by Crippen LogP contribution is 2.22. The van der Waals surface area contributed by atoms with Crippen molar-refractivity contribution in [3.63, 3.8) is 0 Å². The van der Waals surface area contributed by atoms with Gasteiger partial charge in [-0.25, -0.2) is 9.67 Å². The lowest BCUT2D eigenvalue weighted by molar-refractivity contribution is 0.292. The Morgan fingerprint density at radius 3 is 2.71 bits per heavy atom. The third-order valence-electron chi connectivity index (χ3n) is 4.74. The van der Waals surface area contributed by atoms with Gasteiger partial charge in [-0.3, -0.25) is 4.40 Å². The van der Waals surface area contributed by atoms with Crippen LogP contribution < -0.4 is 4.74 Å². The van der Waals surface area contributed by atoms with Gasteiger partial charge >= 0.3 is 0 Å². The molecule has 0 saturated heterocycles. The zero-order chi connectivity index (χ0) is 19.1. The zero-order valence-corrected chi connectivity index (χ0v) is 15.6. The number of benzene rings is 2. The molecule has 0 N–H and O–H groups in total. The van der Waals surface area contributed by atoms with Crippen LogP contribution in [0.3, 0.4) is 0 Å². The van der Waals surface area contributed by atoms with Gasteiger partial charge in [0.15, 0.2) is 17.1 Å². The molecular weight excluding hydrogens is 352 g/mol. The second-order valence-corrected chi connectivity index (χ2v) is 6.74. The van der Waals surface area contributed by atoms with E-state index < -0.39 is 0 Å². The summed E-state index contributed by atoms with van der Waals surface area (Å²) >= 11 is 0. The number of fused-ring (bicyclic) bond motifs is 3.